The Kier molecular flexibility index (Phi) is 4.36. The zero-order valence-corrected chi connectivity index (χ0v) is 13.8. The van der Waals surface area contributed by atoms with Gasteiger partial charge in [-0.2, -0.15) is 10.1 Å². The number of hydrogen-bond donors (Lipinski definition) is 1. The first-order valence-electron chi connectivity index (χ1n) is 7.47. The number of benzene rings is 1. The van der Waals surface area contributed by atoms with Gasteiger partial charge in [0.1, 0.15) is 12.2 Å². The zero-order valence-electron chi connectivity index (χ0n) is 13.8. The highest BCUT2D eigenvalue weighted by molar-refractivity contribution is 5.67. The van der Waals surface area contributed by atoms with Crippen molar-refractivity contribution < 1.29 is 18.2 Å². The van der Waals surface area contributed by atoms with E-state index in [4.69, 9.17) is 10.3 Å². The Balaban J connectivity index is 1.94. The highest BCUT2D eigenvalue weighted by Crippen LogP contribution is 2.31. The molecule has 2 heterocycles. The lowest BCUT2D eigenvalue weighted by molar-refractivity contribution is -0.386. The number of alkyl halides is 2. The van der Waals surface area contributed by atoms with E-state index in [1.54, 1.807) is 25.1 Å². The van der Waals surface area contributed by atoms with Gasteiger partial charge in [-0.3, -0.25) is 14.8 Å². The summed E-state index contributed by atoms with van der Waals surface area (Å²) in [5, 5.41) is 18.5. The average molecular weight is 364 g/mol. The largest absolute Gasteiger partial charge is 0.398 e. The molecule has 1 aromatic carbocycles. The highest BCUT2D eigenvalue weighted by Gasteiger charge is 2.31. The molecule has 0 fully saturated rings. The molecule has 2 aromatic heterocycles. The quantitative estimate of drug-likeness (QED) is 0.419. The van der Waals surface area contributed by atoms with Crippen LogP contribution in [0.3, 0.4) is 0 Å². The Hall–Kier alpha value is -3.37. The summed E-state index contributed by atoms with van der Waals surface area (Å²) in [5.41, 5.74) is 6.22. The smallest absolute Gasteiger partial charge is 0.319 e. The van der Waals surface area contributed by atoms with Crippen LogP contribution in [0, 0.1) is 24.0 Å². The average Bonchev–Trinajstić information content (AvgIpc) is 3.16. The molecule has 0 aliphatic heterocycles. The predicted octanol–water partition coefficient (Wildman–Crippen LogP) is 3.03. The Labute approximate surface area is 145 Å². The van der Waals surface area contributed by atoms with Crippen molar-refractivity contribution in [3.63, 3.8) is 0 Å². The number of nitrogen functional groups attached to an aromatic ring is 1. The maximum Gasteiger partial charge on any atom is 0.319 e. The molecule has 136 valence electrons. The molecule has 0 saturated heterocycles. The second-order valence-corrected chi connectivity index (χ2v) is 5.57. The molecular weight excluding hydrogens is 350 g/mol. The molecule has 0 amide bonds. The summed E-state index contributed by atoms with van der Waals surface area (Å²) in [6.07, 6.45) is -3.07. The van der Waals surface area contributed by atoms with E-state index in [0.717, 1.165) is 10.2 Å². The van der Waals surface area contributed by atoms with Gasteiger partial charge in [0.05, 0.1) is 4.92 Å². The fourth-order valence-electron chi connectivity index (χ4n) is 2.54. The lowest BCUT2D eigenvalue weighted by Crippen LogP contribution is -2.05. The van der Waals surface area contributed by atoms with Crippen molar-refractivity contribution in [3.8, 4) is 11.4 Å². The van der Waals surface area contributed by atoms with Gasteiger partial charge in [-0.25, -0.2) is 8.78 Å². The number of rotatable bonds is 5. The number of anilines is 1. The maximum absolute atomic E-state index is 13.0. The standard InChI is InChI=1S/C15H14F2N6O3/c1-7-9(4-3-5-10(7)18)15-19-11(26-21-15)6-22-8(2)13(23(24)25)12(20-22)14(16)17/h3-5,14H,6,18H2,1-2H3. The van der Waals surface area contributed by atoms with Crippen molar-refractivity contribution in [1.29, 1.82) is 0 Å². The van der Waals surface area contributed by atoms with E-state index >= 15 is 0 Å². The molecule has 0 radical (unpaired) electrons. The lowest BCUT2D eigenvalue weighted by atomic mass is 10.1. The van der Waals surface area contributed by atoms with E-state index < -0.39 is 22.7 Å². The van der Waals surface area contributed by atoms with Gasteiger partial charge in [0.15, 0.2) is 0 Å². The first-order valence-corrected chi connectivity index (χ1v) is 7.47. The number of aromatic nitrogens is 4. The molecule has 2 N–H and O–H groups in total. The summed E-state index contributed by atoms with van der Waals surface area (Å²) in [6, 6.07) is 5.24. The van der Waals surface area contributed by atoms with Crippen LogP contribution in [0.1, 0.15) is 29.3 Å². The van der Waals surface area contributed by atoms with Crippen molar-refractivity contribution in [2.75, 3.05) is 5.73 Å². The van der Waals surface area contributed by atoms with E-state index in [1.165, 1.54) is 6.92 Å². The Morgan fingerprint density at radius 2 is 2.12 bits per heavy atom. The first-order chi connectivity index (χ1) is 12.3. The molecular formula is C15H14F2N6O3. The monoisotopic (exact) mass is 364 g/mol. The fourth-order valence-corrected chi connectivity index (χ4v) is 2.54. The van der Waals surface area contributed by atoms with E-state index in [9.17, 15) is 18.9 Å². The third-order valence-electron chi connectivity index (χ3n) is 3.96. The number of nitrogens with zero attached hydrogens (tertiary/aromatic N) is 5. The normalized spacial score (nSPS) is 11.3. The third kappa shape index (κ3) is 2.98. The first kappa shape index (κ1) is 17.5. The molecule has 3 rings (SSSR count). The molecule has 26 heavy (non-hydrogen) atoms. The lowest BCUT2D eigenvalue weighted by Gasteiger charge is -2.03. The minimum absolute atomic E-state index is 0.0230. The van der Waals surface area contributed by atoms with Gasteiger partial charge >= 0.3 is 5.69 Å². The maximum atomic E-state index is 13.0. The van der Waals surface area contributed by atoms with Gasteiger partial charge in [-0.1, -0.05) is 17.3 Å². The van der Waals surface area contributed by atoms with E-state index in [1.807, 2.05) is 0 Å². The molecule has 11 heteroatoms. The van der Waals surface area contributed by atoms with Gasteiger partial charge in [0, 0.05) is 11.3 Å². The van der Waals surface area contributed by atoms with Crippen LogP contribution in [0.5, 0.6) is 0 Å². The number of hydrogen-bond acceptors (Lipinski definition) is 7. The minimum atomic E-state index is -3.07. The molecule has 3 aromatic rings. The Bertz CT molecular complexity index is 982. The molecule has 0 spiro atoms. The third-order valence-corrected chi connectivity index (χ3v) is 3.96. The number of nitro groups is 1. The zero-order chi connectivity index (χ0) is 19.0. The van der Waals surface area contributed by atoms with Gasteiger partial charge in [-0.05, 0) is 25.5 Å². The van der Waals surface area contributed by atoms with Crippen molar-refractivity contribution in [1.82, 2.24) is 19.9 Å². The summed E-state index contributed by atoms with van der Waals surface area (Å²) in [4.78, 5) is 14.3. The summed E-state index contributed by atoms with van der Waals surface area (Å²) in [7, 11) is 0. The molecule has 0 saturated carbocycles. The summed E-state index contributed by atoms with van der Waals surface area (Å²) in [5.74, 6) is 0.348. The molecule has 0 atom stereocenters. The van der Waals surface area contributed by atoms with Gasteiger partial charge in [0.25, 0.3) is 6.43 Å². The fraction of sp³-hybridized carbons (Fsp3) is 0.267. The molecule has 0 aliphatic carbocycles. The van der Waals surface area contributed by atoms with Crippen molar-refractivity contribution in [2.24, 2.45) is 0 Å². The van der Waals surface area contributed by atoms with Crippen LogP contribution in [-0.4, -0.2) is 24.8 Å². The second kappa shape index (κ2) is 6.50. The summed E-state index contributed by atoms with van der Waals surface area (Å²) in [6.45, 7) is 2.96. The van der Waals surface area contributed by atoms with Crippen LogP contribution in [0.15, 0.2) is 22.7 Å². The van der Waals surface area contributed by atoms with Gasteiger partial charge < -0.3 is 10.3 Å². The molecule has 0 bridgehead atoms. The SMILES string of the molecule is Cc1c(N)cccc1-c1noc(Cn2nc(C(F)F)c([N+](=O)[O-])c2C)n1. The van der Waals surface area contributed by atoms with E-state index in [2.05, 4.69) is 15.2 Å². The summed E-state index contributed by atoms with van der Waals surface area (Å²) >= 11 is 0. The van der Waals surface area contributed by atoms with Crippen LogP contribution in [0.4, 0.5) is 20.2 Å². The molecule has 0 unspecified atom stereocenters. The van der Waals surface area contributed by atoms with E-state index in [-0.39, 0.29) is 24.0 Å². The predicted molar refractivity (Wildman–Crippen MR) is 86.6 cm³/mol. The van der Waals surface area contributed by atoms with E-state index in [0.29, 0.717) is 11.3 Å². The second-order valence-electron chi connectivity index (χ2n) is 5.57. The van der Waals surface area contributed by atoms with Crippen LogP contribution < -0.4 is 5.73 Å². The minimum Gasteiger partial charge on any atom is -0.398 e. The molecule has 9 nitrogen and oxygen atoms in total. The molecule has 0 aliphatic rings. The van der Waals surface area contributed by atoms with Crippen LogP contribution in [-0.2, 0) is 6.54 Å². The van der Waals surface area contributed by atoms with Gasteiger partial charge in [-0.15, -0.1) is 0 Å². The van der Waals surface area contributed by atoms with Crippen LogP contribution in [0.25, 0.3) is 11.4 Å². The Morgan fingerprint density at radius 1 is 1.38 bits per heavy atom. The topological polar surface area (TPSA) is 126 Å². The van der Waals surface area contributed by atoms with Gasteiger partial charge in [0.2, 0.25) is 17.4 Å². The highest BCUT2D eigenvalue weighted by atomic mass is 19.3. The number of nitrogens with two attached hydrogens (primary N) is 1. The van der Waals surface area contributed by atoms with Crippen LogP contribution in [0.2, 0.25) is 0 Å². The number of halogens is 2. The van der Waals surface area contributed by atoms with Crippen molar-refractivity contribution in [2.45, 2.75) is 26.8 Å². The summed E-state index contributed by atoms with van der Waals surface area (Å²) < 4.78 is 32.1. The Morgan fingerprint density at radius 3 is 2.73 bits per heavy atom. The van der Waals surface area contributed by atoms with Crippen molar-refractivity contribution in [3.05, 3.63) is 51.2 Å². The van der Waals surface area contributed by atoms with Crippen molar-refractivity contribution >= 4 is 11.4 Å². The van der Waals surface area contributed by atoms with Crippen LogP contribution >= 0.6 is 0 Å².